The third-order valence-electron chi connectivity index (χ3n) is 1.84. The molecule has 0 N–H and O–H groups in total. The highest BCUT2D eigenvalue weighted by Crippen LogP contribution is 2.19. The zero-order valence-corrected chi connectivity index (χ0v) is 8.15. The summed E-state index contributed by atoms with van der Waals surface area (Å²) in [6.07, 6.45) is 2.94. The maximum absolute atomic E-state index is 9.90. The molecule has 0 bridgehead atoms. The average molecular weight is 189 g/mol. The second-order valence-corrected chi connectivity index (χ2v) is 2.76. The first kappa shape index (κ1) is 10.2. The molecule has 0 aliphatic rings. The van der Waals surface area contributed by atoms with Crippen molar-refractivity contribution in [2.45, 2.75) is 6.92 Å². The molecule has 14 heavy (non-hydrogen) atoms. The molecule has 0 aliphatic heterocycles. The van der Waals surface area contributed by atoms with Gasteiger partial charge in [-0.2, -0.15) is 4.99 Å². The fourth-order valence-corrected chi connectivity index (χ4v) is 1.07. The van der Waals surface area contributed by atoms with Gasteiger partial charge in [0.05, 0.1) is 7.11 Å². The molecule has 0 spiro atoms. The summed E-state index contributed by atoms with van der Waals surface area (Å²) in [5.74, 6) is 0.783. The minimum atomic E-state index is 0.783. The lowest BCUT2D eigenvalue weighted by Crippen LogP contribution is -1.84. The van der Waals surface area contributed by atoms with Crippen LogP contribution in [0.5, 0.6) is 5.75 Å². The summed E-state index contributed by atoms with van der Waals surface area (Å²) >= 11 is 0. The van der Waals surface area contributed by atoms with Gasteiger partial charge in [-0.1, -0.05) is 12.1 Å². The lowest BCUT2D eigenvalue weighted by Gasteiger charge is -2.03. The van der Waals surface area contributed by atoms with E-state index in [0.29, 0.717) is 0 Å². The Morgan fingerprint density at radius 2 is 2.36 bits per heavy atom. The number of nitrogens with zero attached hydrogens (tertiary/aromatic N) is 1. The first-order valence-corrected chi connectivity index (χ1v) is 4.16. The van der Waals surface area contributed by atoms with Crippen LogP contribution in [0.15, 0.2) is 35.5 Å². The molecule has 0 atom stereocenters. The molecular formula is C11H11NO2. The Kier molecular flexibility index (Phi) is 3.65. The molecule has 0 saturated carbocycles. The van der Waals surface area contributed by atoms with E-state index in [0.717, 1.165) is 16.9 Å². The van der Waals surface area contributed by atoms with Crippen LogP contribution in [0.1, 0.15) is 12.5 Å². The molecule has 0 amide bonds. The fourth-order valence-electron chi connectivity index (χ4n) is 1.07. The highest BCUT2D eigenvalue weighted by atomic mass is 16.5. The molecule has 1 aromatic carbocycles. The fraction of sp³-hybridized carbons (Fsp3) is 0.182. The number of rotatable bonds is 3. The second kappa shape index (κ2) is 5.00. The van der Waals surface area contributed by atoms with E-state index in [-0.39, 0.29) is 0 Å². The topological polar surface area (TPSA) is 38.7 Å². The third kappa shape index (κ3) is 2.57. The lowest BCUT2D eigenvalue weighted by atomic mass is 10.1. The van der Waals surface area contributed by atoms with Gasteiger partial charge < -0.3 is 4.74 Å². The molecule has 3 heteroatoms. The van der Waals surface area contributed by atoms with Crippen LogP contribution in [0.4, 0.5) is 0 Å². The number of hydrogen-bond acceptors (Lipinski definition) is 3. The van der Waals surface area contributed by atoms with Crippen molar-refractivity contribution < 1.29 is 9.53 Å². The molecular weight excluding hydrogens is 178 g/mol. The van der Waals surface area contributed by atoms with Crippen molar-refractivity contribution in [1.29, 1.82) is 0 Å². The number of hydrogen-bond donors (Lipinski definition) is 0. The first-order valence-electron chi connectivity index (χ1n) is 4.16. The van der Waals surface area contributed by atoms with E-state index in [1.54, 1.807) is 7.11 Å². The predicted molar refractivity (Wildman–Crippen MR) is 54.8 cm³/mol. The highest BCUT2D eigenvalue weighted by Gasteiger charge is 1.96. The quantitative estimate of drug-likeness (QED) is 0.541. The molecule has 1 aromatic rings. The zero-order chi connectivity index (χ0) is 10.4. The maximum Gasteiger partial charge on any atom is 0.239 e. The van der Waals surface area contributed by atoms with Crippen LogP contribution in [-0.4, -0.2) is 13.2 Å². The standard InChI is InChI=1S/C11H11NO2/c1-9(7-12-8-13)10-4-3-5-11(6-10)14-2/h3-7H,1-2H3/b9-7+. The lowest BCUT2D eigenvalue weighted by molar-refractivity contribution is 0.414. The third-order valence-corrected chi connectivity index (χ3v) is 1.84. The number of aliphatic imine (C=N–C) groups is 1. The van der Waals surface area contributed by atoms with Gasteiger partial charge in [0.15, 0.2) is 0 Å². The Morgan fingerprint density at radius 1 is 1.57 bits per heavy atom. The number of carbonyl (C=O) groups excluding carboxylic acids is 1. The van der Waals surface area contributed by atoms with Gasteiger partial charge in [-0.05, 0) is 30.2 Å². The van der Waals surface area contributed by atoms with Gasteiger partial charge in [-0.3, -0.25) is 0 Å². The monoisotopic (exact) mass is 189 g/mol. The Hall–Kier alpha value is -1.86. The van der Waals surface area contributed by atoms with Crippen molar-refractivity contribution in [2.24, 2.45) is 4.99 Å². The predicted octanol–water partition coefficient (Wildman–Crippen LogP) is 2.39. The van der Waals surface area contributed by atoms with Crippen LogP contribution >= 0.6 is 0 Å². The van der Waals surface area contributed by atoms with Crippen molar-refractivity contribution in [2.75, 3.05) is 7.11 Å². The molecule has 1 rings (SSSR count). The van der Waals surface area contributed by atoms with E-state index in [1.807, 2.05) is 31.2 Å². The number of methoxy groups -OCH3 is 1. The molecule has 0 aromatic heterocycles. The Bertz CT molecular complexity index is 390. The van der Waals surface area contributed by atoms with Crippen molar-refractivity contribution in [3.63, 3.8) is 0 Å². The van der Waals surface area contributed by atoms with Gasteiger partial charge in [0.2, 0.25) is 6.08 Å². The molecule has 0 radical (unpaired) electrons. The summed E-state index contributed by atoms with van der Waals surface area (Å²) in [5, 5.41) is 0. The molecule has 0 unspecified atom stereocenters. The molecule has 3 nitrogen and oxygen atoms in total. The summed E-state index contributed by atoms with van der Waals surface area (Å²) < 4.78 is 5.07. The summed E-state index contributed by atoms with van der Waals surface area (Å²) in [6.45, 7) is 1.87. The van der Waals surface area contributed by atoms with E-state index in [4.69, 9.17) is 4.74 Å². The summed E-state index contributed by atoms with van der Waals surface area (Å²) in [4.78, 5) is 13.3. The maximum atomic E-state index is 9.90. The smallest absolute Gasteiger partial charge is 0.239 e. The SMILES string of the molecule is COc1cccc(/C(C)=C/N=C=O)c1. The van der Waals surface area contributed by atoms with Crippen LogP contribution < -0.4 is 4.74 Å². The van der Waals surface area contributed by atoms with Crippen LogP contribution in [0, 0.1) is 0 Å². The second-order valence-electron chi connectivity index (χ2n) is 2.76. The Labute approximate surface area is 82.7 Å². The summed E-state index contributed by atoms with van der Waals surface area (Å²) in [5.41, 5.74) is 1.87. The van der Waals surface area contributed by atoms with Crippen LogP contribution in [-0.2, 0) is 4.79 Å². The number of isocyanates is 1. The van der Waals surface area contributed by atoms with Gasteiger partial charge >= 0.3 is 0 Å². The van der Waals surface area contributed by atoms with E-state index in [2.05, 4.69) is 4.99 Å². The van der Waals surface area contributed by atoms with Gasteiger partial charge in [0, 0.05) is 6.20 Å². The minimum absolute atomic E-state index is 0.783. The van der Waals surface area contributed by atoms with Crippen molar-refractivity contribution >= 4 is 11.7 Å². The Morgan fingerprint density at radius 3 is 3.00 bits per heavy atom. The van der Waals surface area contributed by atoms with E-state index in [1.165, 1.54) is 12.3 Å². The van der Waals surface area contributed by atoms with E-state index >= 15 is 0 Å². The van der Waals surface area contributed by atoms with Crippen LogP contribution in [0.3, 0.4) is 0 Å². The largest absolute Gasteiger partial charge is 0.497 e. The molecule has 0 saturated heterocycles. The van der Waals surface area contributed by atoms with Crippen molar-refractivity contribution in [1.82, 2.24) is 0 Å². The molecule has 0 heterocycles. The van der Waals surface area contributed by atoms with Gasteiger partial charge in [0.1, 0.15) is 5.75 Å². The van der Waals surface area contributed by atoms with Crippen LogP contribution in [0.25, 0.3) is 5.57 Å². The van der Waals surface area contributed by atoms with Gasteiger partial charge in [0.25, 0.3) is 0 Å². The number of ether oxygens (including phenoxy) is 1. The average Bonchev–Trinajstić information content (AvgIpc) is 2.26. The van der Waals surface area contributed by atoms with E-state index < -0.39 is 0 Å². The van der Waals surface area contributed by atoms with E-state index in [9.17, 15) is 4.79 Å². The van der Waals surface area contributed by atoms with Crippen molar-refractivity contribution in [3.05, 3.63) is 36.0 Å². The molecule has 0 fully saturated rings. The highest BCUT2D eigenvalue weighted by molar-refractivity contribution is 5.65. The van der Waals surface area contributed by atoms with Gasteiger partial charge in [-0.25, -0.2) is 4.79 Å². The van der Waals surface area contributed by atoms with Crippen LogP contribution in [0.2, 0.25) is 0 Å². The number of benzene rings is 1. The summed E-state index contributed by atoms with van der Waals surface area (Å²) in [7, 11) is 1.61. The number of allylic oxidation sites excluding steroid dienone is 1. The Balaban J connectivity index is 3.00. The van der Waals surface area contributed by atoms with Gasteiger partial charge in [-0.15, -0.1) is 0 Å². The molecule has 72 valence electrons. The normalized spacial score (nSPS) is 10.6. The summed E-state index contributed by atoms with van der Waals surface area (Å²) in [6, 6.07) is 7.55. The minimum Gasteiger partial charge on any atom is -0.497 e. The molecule has 0 aliphatic carbocycles. The van der Waals surface area contributed by atoms with Crippen molar-refractivity contribution in [3.8, 4) is 5.75 Å². The first-order chi connectivity index (χ1) is 6.77. The zero-order valence-electron chi connectivity index (χ0n) is 8.15.